The Kier molecular flexibility index (Phi) is 6.73. The van der Waals surface area contributed by atoms with E-state index in [0.717, 1.165) is 24.6 Å². The van der Waals surface area contributed by atoms with Crippen LogP contribution in [0.5, 0.6) is 0 Å². The van der Waals surface area contributed by atoms with Crippen LogP contribution in [-0.2, 0) is 0 Å². The number of hydrogen-bond donors (Lipinski definition) is 2. The molecule has 4 heteroatoms. The lowest BCUT2D eigenvalue weighted by atomic mass is 10.6. The predicted molar refractivity (Wildman–Crippen MR) is 53.0 cm³/mol. The van der Waals surface area contributed by atoms with E-state index in [2.05, 4.69) is 49.4 Å². The Morgan fingerprint density at radius 3 is 1.40 bits per heavy atom. The second-order valence-corrected chi connectivity index (χ2v) is 3.10. The van der Waals surface area contributed by atoms with Gasteiger partial charge in [0.15, 0.2) is 0 Å². The Morgan fingerprint density at radius 2 is 1.20 bits per heavy atom. The molecule has 0 saturated carbocycles. The zero-order valence-electron chi connectivity index (χ0n) is 6.62. The summed E-state index contributed by atoms with van der Waals surface area (Å²) in [4.78, 5) is 0. The molecular formula is C6H16N2S2. The molecule has 0 N–H and O–H groups in total. The van der Waals surface area contributed by atoms with Gasteiger partial charge in [0.1, 0.15) is 0 Å². The number of rotatable bonds is 5. The monoisotopic (exact) mass is 180 g/mol. The van der Waals surface area contributed by atoms with Gasteiger partial charge in [-0.25, -0.2) is 10.0 Å². The maximum absolute atomic E-state index is 4.14. The van der Waals surface area contributed by atoms with E-state index in [1.807, 2.05) is 0 Å². The van der Waals surface area contributed by atoms with Gasteiger partial charge in [0, 0.05) is 38.7 Å². The van der Waals surface area contributed by atoms with Crippen LogP contribution in [0.15, 0.2) is 0 Å². The van der Waals surface area contributed by atoms with Crippen LogP contribution in [-0.4, -0.2) is 48.7 Å². The lowest BCUT2D eigenvalue weighted by Crippen LogP contribution is -2.38. The van der Waals surface area contributed by atoms with E-state index < -0.39 is 0 Å². The van der Waals surface area contributed by atoms with Gasteiger partial charge >= 0.3 is 0 Å². The zero-order valence-corrected chi connectivity index (χ0v) is 8.41. The van der Waals surface area contributed by atoms with Gasteiger partial charge < -0.3 is 0 Å². The molecule has 0 amide bonds. The summed E-state index contributed by atoms with van der Waals surface area (Å²) in [7, 11) is 4.11. The Balaban J connectivity index is 3.38. The van der Waals surface area contributed by atoms with Crippen molar-refractivity contribution in [1.29, 1.82) is 0 Å². The highest BCUT2D eigenvalue weighted by molar-refractivity contribution is 7.80. The number of thiol groups is 2. The smallest absolute Gasteiger partial charge is 0.0218 e. The van der Waals surface area contributed by atoms with Crippen molar-refractivity contribution in [2.45, 2.75) is 0 Å². The second-order valence-electron chi connectivity index (χ2n) is 2.21. The molecule has 62 valence electrons. The molecule has 0 aliphatic rings. The fourth-order valence-corrected chi connectivity index (χ4v) is 1.21. The lowest BCUT2D eigenvalue weighted by Gasteiger charge is -2.26. The summed E-state index contributed by atoms with van der Waals surface area (Å²) in [5, 5.41) is 4.28. The second kappa shape index (κ2) is 6.34. The highest BCUT2D eigenvalue weighted by Crippen LogP contribution is 1.91. The summed E-state index contributed by atoms with van der Waals surface area (Å²) in [6.45, 7) is 1.99. The largest absolute Gasteiger partial charge is 0.244 e. The Labute approximate surface area is 74.4 Å². The molecular weight excluding hydrogens is 164 g/mol. The number of nitrogens with zero attached hydrogens (tertiary/aromatic N) is 2. The average molecular weight is 180 g/mol. The van der Waals surface area contributed by atoms with Gasteiger partial charge in [0.05, 0.1) is 0 Å². The Hall–Kier alpha value is 0.620. The van der Waals surface area contributed by atoms with Crippen molar-refractivity contribution >= 4 is 25.3 Å². The molecule has 0 aromatic rings. The summed E-state index contributed by atoms with van der Waals surface area (Å²) in [6, 6.07) is 0. The van der Waals surface area contributed by atoms with E-state index >= 15 is 0 Å². The van der Waals surface area contributed by atoms with Crippen LogP contribution in [0.3, 0.4) is 0 Å². The van der Waals surface area contributed by atoms with Crippen LogP contribution in [0.25, 0.3) is 0 Å². The molecule has 0 saturated heterocycles. The summed E-state index contributed by atoms with van der Waals surface area (Å²) in [5.41, 5.74) is 0. The van der Waals surface area contributed by atoms with Crippen molar-refractivity contribution in [3.05, 3.63) is 0 Å². The van der Waals surface area contributed by atoms with Crippen LogP contribution in [0.4, 0.5) is 0 Å². The van der Waals surface area contributed by atoms with Crippen LogP contribution in [0.1, 0.15) is 0 Å². The minimum Gasteiger partial charge on any atom is -0.244 e. The van der Waals surface area contributed by atoms with Crippen LogP contribution in [0.2, 0.25) is 0 Å². The third kappa shape index (κ3) is 4.44. The molecule has 0 aromatic heterocycles. The molecule has 0 bridgehead atoms. The lowest BCUT2D eigenvalue weighted by molar-refractivity contribution is 0.0413. The molecule has 0 heterocycles. The molecule has 0 atom stereocenters. The Morgan fingerprint density at radius 1 is 0.900 bits per heavy atom. The molecule has 0 aliphatic heterocycles. The molecule has 0 aliphatic carbocycles. The SMILES string of the molecule is CN(CCS)N(C)CCS. The van der Waals surface area contributed by atoms with Gasteiger partial charge in [-0.1, -0.05) is 0 Å². The topological polar surface area (TPSA) is 6.48 Å². The Bertz CT molecular complexity index is 70.1. The van der Waals surface area contributed by atoms with E-state index in [1.54, 1.807) is 0 Å². The predicted octanol–water partition coefficient (Wildman–Crippen LogP) is 0.625. The average Bonchev–Trinajstić information content (AvgIpc) is 1.89. The van der Waals surface area contributed by atoms with E-state index in [4.69, 9.17) is 0 Å². The first-order valence-corrected chi connectivity index (χ1v) is 4.62. The highest BCUT2D eigenvalue weighted by Gasteiger charge is 2.01. The summed E-state index contributed by atoms with van der Waals surface area (Å²) < 4.78 is 0. The van der Waals surface area contributed by atoms with Crippen LogP contribution in [0, 0.1) is 0 Å². The van der Waals surface area contributed by atoms with Crippen molar-refractivity contribution in [1.82, 2.24) is 10.0 Å². The number of hydrazine groups is 1. The molecule has 0 unspecified atom stereocenters. The minimum absolute atomic E-state index is 0.896. The fourth-order valence-electron chi connectivity index (χ4n) is 0.631. The molecule has 0 fully saturated rings. The maximum atomic E-state index is 4.14. The van der Waals surface area contributed by atoms with Gasteiger partial charge in [-0.2, -0.15) is 25.3 Å². The van der Waals surface area contributed by atoms with E-state index in [-0.39, 0.29) is 0 Å². The van der Waals surface area contributed by atoms with Crippen molar-refractivity contribution in [2.75, 3.05) is 38.7 Å². The quantitative estimate of drug-likeness (QED) is 0.473. The molecule has 0 aromatic carbocycles. The standard InChI is InChI=1S/C6H16N2S2/c1-7(3-5-9)8(2)4-6-10/h9-10H,3-6H2,1-2H3. The van der Waals surface area contributed by atoms with Crippen molar-refractivity contribution < 1.29 is 0 Å². The van der Waals surface area contributed by atoms with Gasteiger partial charge in [0.25, 0.3) is 0 Å². The van der Waals surface area contributed by atoms with Gasteiger partial charge in [0.2, 0.25) is 0 Å². The summed E-state index contributed by atoms with van der Waals surface area (Å²) in [6.07, 6.45) is 0. The first kappa shape index (κ1) is 10.6. The van der Waals surface area contributed by atoms with E-state index in [0.29, 0.717) is 0 Å². The summed E-state index contributed by atoms with van der Waals surface area (Å²) in [5.74, 6) is 1.79. The normalized spacial score (nSPS) is 11.4. The van der Waals surface area contributed by atoms with Crippen LogP contribution < -0.4 is 0 Å². The molecule has 2 nitrogen and oxygen atoms in total. The highest BCUT2D eigenvalue weighted by atomic mass is 32.1. The van der Waals surface area contributed by atoms with E-state index in [1.165, 1.54) is 0 Å². The van der Waals surface area contributed by atoms with Crippen molar-refractivity contribution in [2.24, 2.45) is 0 Å². The summed E-state index contributed by atoms with van der Waals surface area (Å²) >= 11 is 8.27. The molecule has 0 radical (unpaired) electrons. The maximum Gasteiger partial charge on any atom is 0.0218 e. The first-order valence-electron chi connectivity index (χ1n) is 3.36. The third-order valence-electron chi connectivity index (χ3n) is 1.43. The molecule has 0 spiro atoms. The van der Waals surface area contributed by atoms with Gasteiger partial charge in [-0.3, -0.25) is 0 Å². The molecule has 0 rings (SSSR count). The van der Waals surface area contributed by atoms with Crippen LogP contribution >= 0.6 is 25.3 Å². The van der Waals surface area contributed by atoms with Crippen molar-refractivity contribution in [3.63, 3.8) is 0 Å². The minimum atomic E-state index is 0.896. The third-order valence-corrected chi connectivity index (χ3v) is 1.83. The number of hydrogen-bond acceptors (Lipinski definition) is 4. The van der Waals surface area contributed by atoms with Gasteiger partial charge in [-0.15, -0.1) is 0 Å². The zero-order chi connectivity index (χ0) is 7.98. The van der Waals surface area contributed by atoms with Gasteiger partial charge in [-0.05, 0) is 0 Å². The fraction of sp³-hybridized carbons (Fsp3) is 1.00. The van der Waals surface area contributed by atoms with E-state index in [9.17, 15) is 0 Å². The molecule has 10 heavy (non-hydrogen) atoms. The first-order chi connectivity index (χ1) is 4.72. The van der Waals surface area contributed by atoms with Crippen molar-refractivity contribution in [3.8, 4) is 0 Å².